The normalized spacial score (nSPS) is 11.3. The number of halogens is 1. The van der Waals surface area contributed by atoms with Crippen molar-refractivity contribution in [2.24, 2.45) is 0 Å². The number of methoxy groups -OCH3 is 1. The number of aromatic nitrogens is 1. The van der Waals surface area contributed by atoms with Crippen LogP contribution in [0.25, 0.3) is 0 Å². The zero-order valence-electron chi connectivity index (χ0n) is 12.8. The van der Waals surface area contributed by atoms with Gasteiger partial charge in [0, 0.05) is 16.5 Å². The van der Waals surface area contributed by atoms with Crippen molar-refractivity contribution in [1.82, 2.24) is 9.71 Å². The van der Waals surface area contributed by atoms with E-state index in [2.05, 4.69) is 26.2 Å². The van der Waals surface area contributed by atoms with Crippen LogP contribution >= 0.6 is 27.3 Å². The first-order valence-corrected chi connectivity index (χ1v) is 9.65. The van der Waals surface area contributed by atoms with Crippen molar-refractivity contribution in [3.8, 4) is 0 Å². The van der Waals surface area contributed by atoms with Gasteiger partial charge in [-0.2, -0.15) is 0 Å². The molecule has 0 unspecified atom stereocenters. The largest absolute Gasteiger partial charge is 0.384 e. The van der Waals surface area contributed by atoms with Crippen LogP contribution in [0.1, 0.15) is 10.4 Å². The van der Waals surface area contributed by atoms with E-state index in [4.69, 9.17) is 10.5 Å². The van der Waals surface area contributed by atoms with Crippen molar-refractivity contribution >= 4 is 55.0 Å². The monoisotopic (exact) mass is 434 g/mol. The molecule has 0 fully saturated rings. The third-order valence-electron chi connectivity index (χ3n) is 2.82. The zero-order valence-corrected chi connectivity index (χ0v) is 16.0. The highest BCUT2D eigenvalue weighted by atomic mass is 79.9. The first-order chi connectivity index (χ1) is 11.2. The Balaban J connectivity index is 2.13. The number of hydrogen-bond acceptors (Lipinski definition) is 7. The Labute approximate surface area is 151 Å². The van der Waals surface area contributed by atoms with Crippen LogP contribution in [0.4, 0.5) is 16.4 Å². The lowest BCUT2D eigenvalue weighted by Crippen LogP contribution is -2.34. The van der Waals surface area contributed by atoms with Crippen molar-refractivity contribution in [2.75, 3.05) is 18.2 Å². The number of rotatable bonds is 5. The lowest BCUT2D eigenvalue weighted by Gasteiger charge is -2.07. The molecule has 0 atom stereocenters. The summed E-state index contributed by atoms with van der Waals surface area (Å²) in [6.07, 6.45) is 0. The third kappa shape index (κ3) is 4.66. The Morgan fingerprint density at radius 2 is 2.12 bits per heavy atom. The van der Waals surface area contributed by atoms with Gasteiger partial charge in [-0.25, -0.2) is 22.9 Å². The summed E-state index contributed by atoms with van der Waals surface area (Å²) in [5.41, 5.74) is 6.34. The van der Waals surface area contributed by atoms with Gasteiger partial charge in [0.2, 0.25) is 0 Å². The summed E-state index contributed by atoms with van der Waals surface area (Å²) in [4.78, 5) is 16.6. The predicted molar refractivity (Wildman–Crippen MR) is 95.5 cm³/mol. The van der Waals surface area contributed by atoms with E-state index in [0.717, 1.165) is 21.8 Å². The van der Waals surface area contributed by atoms with Crippen LogP contribution in [0, 0.1) is 6.92 Å². The van der Waals surface area contributed by atoms with Crippen molar-refractivity contribution in [2.45, 2.75) is 17.7 Å². The molecule has 24 heavy (non-hydrogen) atoms. The molecule has 130 valence electrons. The lowest BCUT2D eigenvalue weighted by molar-refractivity contribution is 0.187. The summed E-state index contributed by atoms with van der Waals surface area (Å²) < 4.78 is 32.1. The molecule has 0 aliphatic heterocycles. The van der Waals surface area contributed by atoms with Crippen LogP contribution in [-0.4, -0.2) is 26.5 Å². The number of carbonyl (C=O) groups excluding carboxylic acids is 1. The van der Waals surface area contributed by atoms with Gasteiger partial charge in [-0.1, -0.05) is 15.9 Å². The standard InChI is InChI=1S/C13H15BrN4O4S2/c1-7-3-12(23-9(7)6-22-2)24(20,21)18-13(19)17-11-5-8(14)4-10(15)16-11/h3-5H,6H2,1-2H3,(H4,15,16,17,18,19). The number of nitrogens with one attached hydrogen (secondary N) is 2. The first kappa shape index (κ1) is 18.6. The summed E-state index contributed by atoms with van der Waals surface area (Å²) in [6, 6.07) is 3.60. The van der Waals surface area contributed by atoms with Crippen molar-refractivity contribution in [3.63, 3.8) is 0 Å². The number of hydrogen-bond donors (Lipinski definition) is 3. The first-order valence-electron chi connectivity index (χ1n) is 6.56. The Bertz CT molecular complexity index is 847. The van der Waals surface area contributed by atoms with E-state index in [0.29, 0.717) is 11.1 Å². The molecule has 2 aromatic heterocycles. The van der Waals surface area contributed by atoms with Crippen molar-refractivity contribution < 1.29 is 17.9 Å². The van der Waals surface area contributed by atoms with E-state index in [1.165, 1.54) is 19.2 Å². The molecule has 11 heteroatoms. The number of urea groups is 1. The molecule has 0 radical (unpaired) electrons. The fraction of sp³-hybridized carbons (Fsp3) is 0.231. The number of nitrogens with two attached hydrogens (primary N) is 1. The highest BCUT2D eigenvalue weighted by Gasteiger charge is 2.22. The number of anilines is 2. The minimum Gasteiger partial charge on any atom is -0.384 e. The minimum atomic E-state index is -3.99. The van der Waals surface area contributed by atoms with Crippen molar-refractivity contribution in [3.05, 3.63) is 33.1 Å². The number of nitrogens with zero attached hydrogens (tertiary/aromatic N) is 1. The van der Waals surface area contributed by atoms with Gasteiger partial charge in [0.15, 0.2) is 0 Å². The van der Waals surface area contributed by atoms with Crippen LogP contribution in [-0.2, 0) is 21.4 Å². The average Bonchev–Trinajstić information content (AvgIpc) is 2.79. The summed E-state index contributed by atoms with van der Waals surface area (Å²) >= 11 is 4.25. The number of thiophene rings is 1. The third-order valence-corrected chi connectivity index (χ3v) is 6.29. The van der Waals surface area contributed by atoms with E-state index in [9.17, 15) is 13.2 Å². The second kappa shape index (κ2) is 7.47. The zero-order chi connectivity index (χ0) is 17.9. The van der Waals surface area contributed by atoms with E-state index >= 15 is 0 Å². The number of nitrogen functional groups attached to an aromatic ring is 1. The molecule has 2 aromatic rings. The fourth-order valence-electron chi connectivity index (χ4n) is 1.79. The summed E-state index contributed by atoms with van der Waals surface area (Å²) in [6.45, 7) is 2.08. The Morgan fingerprint density at radius 3 is 2.75 bits per heavy atom. The number of carbonyl (C=O) groups is 1. The molecule has 2 amide bonds. The predicted octanol–water partition coefficient (Wildman–Crippen LogP) is 2.45. The maximum atomic E-state index is 12.3. The second-order valence-corrected chi connectivity index (χ2v) is 8.72. The maximum absolute atomic E-state index is 12.3. The quantitative estimate of drug-likeness (QED) is 0.663. The van der Waals surface area contributed by atoms with Gasteiger partial charge in [-0.3, -0.25) is 5.32 Å². The molecule has 0 aliphatic carbocycles. The minimum absolute atomic E-state index is 0.0314. The molecule has 0 aliphatic rings. The van der Waals surface area contributed by atoms with E-state index < -0.39 is 16.1 Å². The molecule has 0 bridgehead atoms. The van der Waals surface area contributed by atoms with Gasteiger partial charge in [0.05, 0.1) is 6.61 Å². The van der Waals surface area contributed by atoms with Gasteiger partial charge < -0.3 is 10.5 Å². The summed E-state index contributed by atoms with van der Waals surface area (Å²) in [5.74, 6) is 0.303. The van der Waals surface area contributed by atoms with Crippen LogP contribution in [0.5, 0.6) is 0 Å². The lowest BCUT2D eigenvalue weighted by atomic mass is 10.3. The smallest absolute Gasteiger partial charge is 0.334 e. The molecule has 0 spiro atoms. The van der Waals surface area contributed by atoms with E-state index in [-0.39, 0.29) is 15.8 Å². The fourth-order valence-corrected chi connectivity index (χ4v) is 4.71. The van der Waals surface area contributed by atoms with Crippen LogP contribution in [0.2, 0.25) is 0 Å². The maximum Gasteiger partial charge on any atom is 0.334 e. The van der Waals surface area contributed by atoms with Gasteiger partial charge in [0.1, 0.15) is 15.8 Å². The molecule has 2 rings (SSSR count). The number of sulfonamides is 1. The molecule has 0 saturated heterocycles. The Hall–Kier alpha value is -1.69. The summed E-state index contributed by atoms with van der Waals surface area (Å²) in [5, 5.41) is 2.33. The molecule has 2 heterocycles. The Morgan fingerprint density at radius 1 is 1.42 bits per heavy atom. The molecule has 0 saturated carbocycles. The number of ether oxygens (including phenoxy) is 1. The molecule has 8 nitrogen and oxygen atoms in total. The number of aryl methyl sites for hydroxylation is 1. The average molecular weight is 435 g/mol. The van der Waals surface area contributed by atoms with Crippen molar-refractivity contribution in [1.29, 1.82) is 0 Å². The SMILES string of the molecule is COCc1sc(S(=O)(=O)NC(=O)Nc2cc(Br)cc(N)n2)cc1C. The van der Waals surface area contributed by atoms with Crippen LogP contribution in [0.3, 0.4) is 0 Å². The molecule has 0 aromatic carbocycles. The second-order valence-electron chi connectivity index (χ2n) is 4.76. The number of amides is 2. The highest BCUT2D eigenvalue weighted by molar-refractivity contribution is 9.10. The van der Waals surface area contributed by atoms with Crippen LogP contribution < -0.4 is 15.8 Å². The van der Waals surface area contributed by atoms with E-state index in [1.807, 2.05) is 4.72 Å². The van der Waals surface area contributed by atoms with Gasteiger partial charge in [0.25, 0.3) is 10.0 Å². The van der Waals surface area contributed by atoms with Gasteiger partial charge in [-0.05, 0) is 30.7 Å². The molecule has 4 N–H and O–H groups in total. The number of pyridine rings is 1. The molecular weight excluding hydrogens is 420 g/mol. The van der Waals surface area contributed by atoms with E-state index in [1.54, 1.807) is 13.0 Å². The Kier molecular flexibility index (Phi) is 5.80. The topological polar surface area (TPSA) is 123 Å². The summed E-state index contributed by atoms with van der Waals surface area (Å²) in [7, 11) is -2.47. The van der Waals surface area contributed by atoms with Gasteiger partial charge >= 0.3 is 6.03 Å². The molecular formula is C13H15BrN4O4S2. The highest BCUT2D eigenvalue weighted by Crippen LogP contribution is 2.26. The van der Waals surface area contributed by atoms with Gasteiger partial charge in [-0.15, -0.1) is 11.3 Å². The van der Waals surface area contributed by atoms with Crippen LogP contribution in [0.15, 0.2) is 26.9 Å².